The highest BCUT2D eigenvalue weighted by Crippen LogP contribution is 2.29. The Balaban J connectivity index is 2.29. The molecule has 0 radical (unpaired) electrons. The van der Waals surface area contributed by atoms with Gasteiger partial charge in [-0.3, -0.25) is 0 Å². The predicted molar refractivity (Wildman–Crippen MR) is 74.2 cm³/mol. The van der Waals surface area contributed by atoms with Gasteiger partial charge in [-0.15, -0.1) is 0 Å². The molecule has 2 heterocycles. The number of anilines is 1. The Kier molecular flexibility index (Phi) is 3.90. The first-order chi connectivity index (χ1) is 8.49. The largest absolute Gasteiger partial charge is 0.478 e. The minimum Gasteiger partial charge on any atom is -0.478 e. The van der Waals surface area contributed by atoms with E-state index in [4.69, 9.17) is 5.11 Å². The van der Waals surface area contributed by atoms with Crippen LogP contribution in [0.25, 0.3) is 0 Å². The molecule has 0 bridgehead atoms. The zero-order chi connectivity index (χ0) is 13.3. The summed E-state index contributed by atoms with van der Waals surface area (Å²) < 4.78 is 0.764. The maximum Gasteiger partial charge on any atom is 0.337 e. The minimum atomic E-state index is -0.931. The monoisotopic (exact) mass is 312 g/mol. The molecule has 0 aliphatic carbocycles. The number of rotatable bonds is 2. The fourth-order valence-electron chi connectivity index (χ4n) is 2.23. The summed E-state index contributed by atoms with van der Waals surface area (Å²) >= 11 is 3.43. The third-order valence-corrected chi connectivity index (χ3v) is 4.05. The highest BCUT2D eigenvalue weighted by atomic mass is 79.9. The second-order valence-corrected chi connectivity index (χ2v) is 5.76. The SMILES string of the molecule is Cc1nc(N2CCC(C)CC2)c(Br)cc1C(=O)O. The molecule has 5 heteroatoms. The molecule has 1 fully saturated rings. The van der Waals surface area contributed by atoms with Crippen LogP contribution in [0.5, 0.6) is 0 Å². The zero-order valence-electron chi connectivity index (χ0n) is 10.6. The summed E-state index contributed by atoms with van der Waals surface area (Å²) in [5.74, 6) is 0.698. The normalized spacial score (nSPS) is 16.9. The minimum absolute atomic E-state index is 0.260. The molecular formula is C13H17BrN2O2. The molecule has 4 nitrogen and oxygen atoms in total. The number of carboxylic acid groups (broad SMARTS) is 1. The number of aromatic carboxylic acids is 1. The quantitative estimate of drug-likeness (QED) is 0.911. The van der Waals surface area contributed by atoms with Gasteiger partial charge in [0.1, 0.15) is 5.82 Å². The Morgan fingerprint density at radius 1 is 1.50 bits per heavy atom. The van der Waals surface area contributed by atoms with Crippen molar-refractivity contribution in [2.45, 2.75) is 26.7 Å². The molecule has 0 atom stereocenters. The third kappa shape index (κ3) is 2.66. The van der Waals surface area contributed by atoms with Crippen LogP contribution < -0.4 is 4.90 Å². The average Bonchev–Trinajstić information content (AvgIpc) is 2.32. The van der Waals surface area contributed by atoms with E-state index in [1.165, 1.54) is 0 Å². The number of hydrogen-bond donors (Lipinski definition) is 1. The molecule has 0 unspecified atom stereocenters. The molecule has 2 rings (SSSR count). The van der Waals surface area contributed by atoms with Gasteiger partial charge in [-0.05, 0) is 47.7 Å². The van der Waals surface area contributed by atoms with E-state index in [1.54, 1.807) is 13.0 Å². The molecule has 1 aromatic rings. The second-order valence-electron chi connectivity index (χ2n) is 4.90. The predicted octanol–water partition coefficient (Wildman–Crippen LogP) is 3.09. The summed E-state index contributed by atoms with van der Waals surface area (Å²) in [5, 5.41) is 9.05. The molecule has 18 heavy (non-hydrogen) atoms. The molecule has 1 N–H and O–H groups in total. The van der Waals surface area contributed by atoms with Gasteiger partial charge in [-0.1, -0.05) is 6.92 Å². The number of aryl methyl sites for hydroxylation is 1. The zero-order valence-corrected chi connectivity index (χ0v) is 12.2. The van der Waals surface area contributed by atoms with Crippen molar-refractivity contribution in [1.29, 1.82) is 0 Å². The molecule has 98 valence electrons. The van der Waals surface area contributed by atoms with Crippen LogP contribution in [0.15, 0.2) is 10.5 Å². The first-order valence-electron chi connectivity index (χ1n) is 6.14. The van der Waals surface area contributed by atoms with E-state index in [2.05, 4.69) is 32.7 Å². The standard InChI is InChI=1S/C13H17BrN2O2/c1-8-3-5-16(6-4-8)12-11(14)7-10(13(17)18)9(2)15-12/h7-8H,3-6H2,1-2H3,(H,17,18). The maximum atomic E-state index is 11.0. The van der Waals surface area contributed by atoms with Crippen molar-refractivity contribution in [3.63, 3.8) is 0 Å². The number of carbonyl (C=O) groups is 1. The fourth-order valence-corrected chi connectivity index (χ4v) is 2.80. The number of pyridine rings is 1. The number of nitrogens with zero attached hydrogens (tertiary/aromatic N) is 2. The van der Waals surface area contributed by atoms with Gasteiger partial charge < -0.3 is 10.0 Å². The molecule has 1 aromatic heterocycles. The number of piperidine rings is 1. The molecule has 0 aromatic carbocycles. The van der Waals surface area contributed by atoms with Crippen LogP contribution in [0, 0.1) is 12.8 Å². The van der Waals surface area contributed by atoms with Gasteiger partial charge in [0.25, 0.3) is 0 Å². The van der Waals surface area contributed by atoms with Crippen LogP contribution in [-0.2, 0) is 0 Å². The van der Waals surface area contributed by atoms with Gasteiger partial charge >= 0.3 is 5.97 Å². The maximum absolute atomic E-state index is 11.0. The highest BCUT2D eigenvalue weighted by molar-refractivity contribution is 9.10. The van der Waals surface area contributed by atoms with E-state index in [-0.39, 0.29) is 5.56 Å². The van der Waals surface area contributed by atoms with E-state index in [0.717, 1.165) is 42.1 Å². The number of halogens is 1. The first kappa shape index (κ1) is 13.3. The first-order valence-corrected chi connectivity index (χ1v) is 6.93. The van der Waals surface area contributed by atoms with Crippen molar-refractivity contribution in [2.75, 3.05) is 18.0 Å². The fraction of sp³-hybridized carbons (Fsp3) is 0.538. The Morgan fingerprint density at radius 2 is 2.11 bits per heavy atom. The molecule has 0 saturated carbocycles. The van der Waals surface area contributed by atoms with Crippen molar-refractivity contribution in [3.8, 4) is 0 Å². The van der Waals surface area contributed by atoms with Crippen LogP contribution >= 0.6 is 15.9 Å². The number of carboxylic acids is 1. The lowest BCUT2D eigenvalue weighted by molar-refractivity contribution is 0.0695. The lowest BCUT2D eigenvalue weighted by Crippen LogP contribution is -2.33. The van der Waals surface area contributed by atoms with Crippen molar-refractivity contribution in [3.05, 3.63) is 21.8 Å². The smallest absolute Gasteiger partial charge is 0.337 e. The van der Waals surface area contributed by atoms with Crippen molar-refractivity contribution in [1.82, 2.24) is 4.98 Å². The third-order valence-electron chi connectivity index (χ3n) is 3.46. The Bertz CT molecular complexity index is 468. The Morgan fingerprint density at radius 3 is 2.67 bits per heavy atom. The second kappa shape index (κ2) is 5.26. The lowest BCUT2D eigenvalue weighted by Gasteiger charge is -2.32. The number of hydrogen-bond acceptors (Lipinski definition) is 3. The van der Waals surface area contributed by atoms with Gasteiger partial charge in [0, 0.05) is 13.1 Å². The topological polar surface area (TPSA) is 53.4 Å². The van der Waals surface area contributed by atoms with Gasteiger partial charge in [-0.25, -0.2) is 9.78 Å². The van der Waals surface area contributed by atoms with Crippen molar-refractivity contribution < 1.29 is 9.90 Å². The van der Waals surface area contributed by atoms with Gasteiger partial charge in [0.15, 0.2) is 0 Å². The van der Waals surface area contributed by atoms with Crippen LogP contribution in [0.2, 0.25) is 0 Å². The molecular weight excluding hydrogens is 296 g/mol. The van der Waals surface area contributed by atoms with Crippen LogP contribution in [0.3, 0.4) is 0 Å². The van der Waals surface area contributed by atoms with E-state index < -0.39 is 5.97 Å². The van der Waals surface area contributed by atoms with Crippen molar-refractivity contribution >= 4 is 27.7 Å². The Hall–Kier alpha value is -1.10. The molecule has 0 spiro atoms. The molecule has 1 aliphatic heterocycles. The van der Waals surface area contributed by atoms with Crippen LogP contribution in [0.4, 0.5) is 5.82 Å². The highest BCUT2D eigenvalue weighted by Gasteiger charge is 2.21. The van der Waals surface area contributed by atoms with Crippen LogP contribution in [-0.4, -0.2) is 29.1 Å². The van der Waals surface area contributed by atoms with E-state index in [0.29, 0.717) is 5.69 Å². The number of aromatic nitrogens is 1. The van der Waals surface area contributed by atoms with E-state index >= 15 is 0 Å². The average molecular weight is 313 g/mol. The summed E-state index contributed by atoms with van der Waals surface area (Å²) in [4.78, 5) is 17.7. The van der Waals surface area contributed by atoms with Gasteiger partial charge in [0.05, 0.1) is 15.7 Å². The molecule has 1 aliphatic rings. The van der Waals surface area contributed by atoms with Crippen LogP contribution in [0.1, 0.15) is 35.8 Å². The summed E-state index contributed by atoms with van der Waals surface area (Å²) in [7, 11) is 0. The lowest BCUT2D eigenvalue weighted by atomic mass is 9.99. The van der Waals surface area contributed by atoms with E-state index in [9.17, 15) is 4.79 Å². The Labute approximate surface area is 115 Å². The summed E-state index contributed by atoms with van der Waals surface area (Å²) in [6.45, 7) is 5.97. The molecule has 0 amide bonds. The van der Waals surface area contributed by atoms with Gasteiger partial charge in [-0.2, -0.15) is 0 Å². The van der Waals surface area contributed by atoms with E-state index in [1.807, 2.05) is 0 Å². The molecule has 1 saturated heterocycles. The summed E-state index contributed by atoms with van der Waals surface area (Å²) in [5.41, 5.74) is 0.829. The summed E-state index contributed by atoms with van der Waals surface area (Å²) in [6.07, 6.45) is 2.32. The van der Waals surface area contributed by atoms with Crippen molar-refractivity contribution in [2.24, 2.45) is 5.92 Å². The van der Waals surface area contributed by atoms with Gasteiger partial charge in [0.2, 0.25) is 0 Å². The summed E-state index contributed by atoms with van der Waals surface area (Å²) in [6, 6.07) is 1.65.